The van der Waals surface area contributed by atoms with Gasteiger partial charge in [0.05, 0.1) is 0 Å². The second-order valence-corrected chi connectivity index (χ2v) is 3.57. The lowest BCUT2D eigenvalue weighted by molar-refractivity contribution is -0.121. The van der Waals surface area contributed by atoms with Crippen LogP contribution in [-0.2, 0) is 4.79 Å². The van der Waals surface area contributed by atoms with E-state index in [2.05, 4.69) is 5.32 Å². The lowest BCUT2D eigenvalue weighted by Crippen LogP contribution is -2.37. The van der Waals surface area contributed by atoms with Crippen molar-refractivity contribution in [1.82, 2.24) is 5.32 Å². The molecule has 0 aromatic carbocycles. The quantitative estimate of drug-likeness (QED) is 0.647. The van der Waals surface area contributed by atoms with E-state index in [0.29, 0.717) is 18.9 Å². The van der Waals surface area contributed by atoms with Gasteiger partial charge in [0, 0.05) is 19.0 Å². The van der Waals surface area contributed by atoms with E-state index in [0.717, 1.165) is 6.42 Å². The maximum absolute atomic E-state index is 11.1. The summed E-state index contributed by atoms with van der Waals surface area (Å²) in [7, 11) is 0. The van der Waals surface area contributed by atoms with Crippen molar-refractivity contribution in [2.24, 2.45) is 11.7 Å². The molecule has 12 heavy (non-hydrogen) atoms. The molecule has 0 saturated carbocycles. The molecule has 1 atom stereocenters. The van der Waals surface area contributed by atoms with Gasteiger partial charge >= 0.3 is 0 Å². The molecule has 3 heteroatoms. The molecule has 0 aliphatic carbocycles. The van der Waals surface area contributed by atoms with Crippen LogP contribution in [0.2, 0.25) is 0 Å². The summed E-state index contributed by atoms with van der Waals surface area (Å²) in [6.45, 7) is 6.67. The van der Waals surface area contributed by atoms with Gasteiger partial charge in [-0.15, -0.1) is 0 Å². The van der Waals surface area contributed by atoms with E-state index in [9.17, 15) is 4.79 Å². The SMILES string of the molecule is CCC(N)CNC(=O)CC(C)C. The molecule has 72 valence electrons. The fraction of sp³-hybridized carbons (Fsp3) is 0.889. The molecule has 3 nitrogen and oxygen atoms in total. The summed E-state index contributed by atoms with van der Waals surface area (Å²) in [6, 6.07) is 0.0983. The van der Waals surface area contributed by atoms with Gasteiger partial charge in [-0.2, -0.15) is 0 Å². The third-order valence-electron chi connectivity index (χ3n) is 1.68. The largest absolute Gasteiger partial charge is 0.355 e. The van der Waals surface area contributed by atoms with Gasteiger partial charge < -0.3 is 11.1 Å². The highest BCUT2D eigenvalue weighted by Gasteiger charge is 2.05. The first kappa shape index (κ1) is 11.4. The van der Waals surface area contributed by atoms with Crippen molar-refractivity contribution in [3.63, 3.8) is 0 Å². The zero-order chi connectivity index (χ0) is 9.56. The molecule has 0 aromatic rings. The minimum absolute atomic E-state index is 0.0983. The smallest absolute Gasteiger partial charge is 0.220 e. The van der Waals surface area contributed by atoms with Crippen molar-refractivity contribution in [3.8, 4) is 0 Å². The maximum Gasteiger partial charge on any atom is 0.220 e. The van der Waals surface area contributed by atoms with Crippen molar-refractivity contribution in [1.29, 1.82) is 0 Å². The Hall–Kier alpha value is -0.570. The van der Waals surface area contributed by atoms with Crippen LogP contribution in [0.1, 0.15) is 33.6 Å². The van der Waals surface area contributed by atoms with E-state index in [-0.39, 0.29) is 11.9 Å². The number of hydrogen-bond acceptors (Lipinski definition) is 2. The molecule has 0 saturated heterocycles. The summed E-state index contributed by atoms with van der Waals surface area (Å²) in [5, 5.41) is 2.80. The van der Waals surface area contributed by atoms with E-state index in [1.165, 1.54) is 0 Å². The minimum Gasteiger partial charge on any atom is -0.355 e. The number of nitrogens with two attached hydrogens (primary N) is 1. The minimum atomic E-state index is 0.0983. The second kappa shape index (κ2) is 6.00. The average Bonchev–Trinajstić information content (AvgIpc) is 1.99. The first-order valence-electron chi connectivity index (χ1n) is 4.58. The van der Waals surface area contributed by atoms with Gasteiger partial charge in [0.15, 0.2) is 0 Å². The van der Waals surface area contributed by atoms with Crippen LogP contribution in [0.5, 0.6) is 0 Å². The van der Waals surface area contributed by atoms with Crippen LogP contribution in [0.3, 0.4) is 0 Å². The molecule has 0 rings (SSSR count). The normalized spacial score (nSPS) is 13.1. The van der Waals surface area contributed by atoms with Crippen LogP contribution < -0.4 is 11.1 Å². The first-order chi connectivity index (χ1) is 5.56. The molecular weight excluding hydrogens is 152 g/mol. The zero-order valence-electron chi connectivity index (χ0n) is 8.26. The molecule has 0 fully saturated rings. The van der Waals surface area contributed by atoms with Gasteiger partial charge in [0.1, 0.15) is 0 Å². The molecular formula is C9H20N2O. The predicted octanol–water partition coefficient (Wildman–Crippen LogP) is 0.886. The molecule has 3 N–H and O–H groups in total. The Morgan fingerprint density at radius 3 is 2.50 bits per heavy atom. The zero-order valence-corrected chi connectivity index (χ0v) is 8.26. The number of carbonyl (C=O) groups excluding carboxylic acids is 1. The molecule has 0 aromatic heterocycles. The van der Waals surface area contributed by atoms with Crippen molar-refractivity contribution < 1.29 is 4.79 Å². The highest BCUT2D eigenvalue weighted by Crippen LogP contribution is 1.97. The summed E-state index contributed by atoms with van der Waals surface area (Å²) in [4.78, 5) is 11.1. The molecule has 0 bridgehead atoms. The van der Waals surface area contributed by atoms with E-state index >= 15 is 0 Å². The number of nitrogens with one attached hydrogen (secondary N) is 1. The third-order valence-corrected chi connectivity index (χ3v) is 1.68. The van der Waals surface area contributed by atoms with Gasteiger partial charge in [-0.25, -0.2) is 0 Å². The number of rotatable bonds is 5. The molecule has 0 heterocycles. The lowest BCUT2D eigenvalue weighted by Gasteiger charge is -2.10. The van der Waals surface area contributed by atoms with Crippen LogP contribution in [-0.4, -0.2) is 18.5 Å². The van der Waals surface area contributed by atoms with Crippen LogP contribution >= 0.6 is 0 Å². The Morgan fingerprint density at radius 2 is 2.08 bits per heavy atom. The summed E-state index contributed by atoms with van der Waals surface area (Å²) < 4.78 is 0. The van der Waals surface area contributed by atoms with Crippen LogP contribution in [0.25, 0.3) is 0 Å². The van der Waals surface area contributed by atoms with Gasteiger partial charge in [0.2, 0.25) is 5.91 Å². The summed E-state index contributed by atoms with van der Waals surface area (Å²) >= 11 is 0. The number of carbonyl (C=O) groups is 1. The van der Waals surface area contributed by atoms with Crippen LogP contribution in [0.4, 0.5) is 0 Å². The Balaban J connectivity index is 3.44. The van der Waals surface area contributed by atoms with E-state index in [1.807, 2.05) is 20.8 Å². The van der Waals surface area contributed by atoms with Gasteiger partial charge in [-0.3, -0.25) is 4.79 Å². The first-order valence-corrected chi connectivity index (χ1v) is 4.58. The van der Waals surface area contributed by atoms with Gasteiger partial charge in [0.25, 0.3) is 0 Å². The molecule has 1 unspecified atom stereocenters. The molecule has 0 radical (unpaired) electrons. The third kappa shape index (κ3) is 6.16. The van der Waals surface area contributed by atoms with Crippen molar-refractivity contribution in [2.75, 3.05) is 6.54 Å². The molecule has 1 amide bonds. The highest BCUT2D eigenvalue weighted by atomic mass is 16.1. The maximum atomic E-state index is 11.1. The summed E-state index contributed by atoms with van der Waals surface area (Å²) in [5.74, 6) is 0.525. The highest BCUT2D eigenvalue weighted by molar-refractivity contribution is 5.76. The predicted molar refractivity (Wildman–Crippen MR) is 50.7 cm³/mol. The summed E-state index contributed by atoms with van der Waals surface area (Å²) in [6.07, 6.45) is 1.50. The van der Waals surface area contributed by atoms with Crippen LogP contribution in [0, 0.1) is 5.92 Å². The number of amides is 1. The topological polar surface area (TPSA) is 55.1 Å². The molecule has 0 aliphatic heterocycles. The standard InChI is InChI=1S/C9H20N2O/c1-4-8(10)6-11-9(12)5-7(2)3/h7-8H,4-6,10H2,1-3H3,(H,11,12). The van der Waals surface area contributed by atoms with Crippen molar-refractivity contribution in [3.05, 3.63) is 0 Å². The average molecular weight is 172 g/mol. The van der Waals surface area contributed by atoms with Crippen LogP contribution in [0.15, 0.2) is 0 Å². The summed E-state index contributed by atoms with van der Waals surface area (Å²) in [5.41, 5.74) is 5.64. The van der Waals surface area contributed by atoms with E-state index in [4.69, 9.17) is 5.73 Å². The monoisotopic (exact) mass is 172 g/mol. The Kier molecular flexibility index (Phi) is 5.72. The lowest BCUT2D eigenvalue weighted by atomic mass is 10.1. The Morgan fingerprint density at radius 1 is 1.50 bits per heavy atom. The second-order valence-electron chi connectivity index (χ2n) is 3.57. The van der Waals surface area contributed by atoms with Gasteiger partial charge in [-0.05, 0) is 12.3 Å². The molecule has 0 aliphatic rings. The fourth-order valence-electron chi connectivity index (χ4n) is 0.832. The van der Waals surface area contributed by atoms with Gasteiger partial charge in [-0.1, -0.05) is 20.8 Å². The van der Waals surface area contributed by atoms with E-state index < -0.39 is 0 Å². The van der Waals surface area contributed by atoms with Crippen molar-refractivity contribution in [2.45, 2.75) is 39.7 Å². The number of hydrogen-bond donors (Lipinski definition) is 2. The fourth-order valence-corrected chi connectivity index (χ4v) is 0.832. The Labute approximate surface area is 74.7 Å². The Bertz CT molecular complexity index is 134. The van der Waals surface area contributed by atoms with Crippen molar-refractivity contribution >= 4 is 5.91 Å². The van der Waals surface area contributed by atoms with E-state index in [1.54, 1.807) is 0 Å². The molecule has 0 spiro atoms.